The summed E-state index contributed by atoms with van der Waals surface area (Å²) in [4.78, 5) is 10.3. The van der Waals surface area contributed by atoms with Crippen molar-refractivity contribution in [3.63, 3.8) is 0 Å². The van der Waals surface area contributed by atoms with Gasteiger partial charge in [-0.1, -0.05) is 30.3 Å². The van der Waals surface area contributed by atoms with E-state index in [4.69, 9.17) is 10.8 Å². The Morgan fingerprint density at radius 2 is 1.93 bits per heavy atom. The van der Waals surface area contributed by atoms with Gasteiger partial charge in [-0.15, -0.1) is 0 Å². The number of hydrogen-bond donors (Lipinski definition) is 2. The molecule has 0 saturated carbocycles. The van der Waals surface area contributed by atoms with Crippen molar-refractivity contribution in [2.45, 2.75) is 18.4 Å². The fourth-order valence-corrected chi connectivity index (χ4v) is 1.16. The van der Waals surface area contributed by atoms with Crippen LogP contribution in [0, 0.1) is 0 Å². The number of nitrogens with two attached hydrogens (primary N) is 1. The molecule has 3 nitrogen and oxygen atoms in total. The minimum atomic E-state index is -3.21. The largest absolute Gasteiger partial charge is 0.480 e. The number of alkyl halides is 2. The number of halogens is 2. The Bertz CT molecular complexity index is 341. The summed E-state index contributed by atoms with van der Waals surface area (Å²) < 4.78 is 26.8. The summed E-state index contributed by atoms with van der Waals surface area (Å²) in [6, 6.07) is 5.48. The molecular formula is C10H11F2NO2. The molecule has 1 atom stereocenters. The maximum absolute atomic E-state index is 13.4. The molecule has 1 aromatic rings. The molecule has 0 bridgehead atoms. The van der Waals surface area contributed by atoms with Crippen LogP contribution in [-0.4, -0.2) is 17.1 Å². The highest BCUT2D eigenvalue weighted by Crippen LogP contribution is 2.32. The Hall–Kier alpha value is -1.49. The van der Waals surface area contributed by atoms with Gasteiger partial charge in [0.1, 0.15) is 6.04 Å². The van der Waals surface area contributed by atoms with Crippen LogP contribution in [0.3, 0.4) is 0 Å². The molecule has 0 unspecified atom stereocenters. The molecule has 0 amide bonds. The standard InChI is InChI=1S/C10H11F2NO2/c11-10(12,6-8(13)9(14)15)7-4-2-1-3-5-7/h1-5,8H,6,13H2,(H,14,15)/t8-/m1/s1. The van der Waals surface area contributed by atoms with Crippen LogP contribution in [0.2, 0.25) is 0 Å². The summed E-state index contributed by atoms with van der Waals surface area (Å²) >= 11 is 0. The van der Waals surface area contributed by atoms with Gasteiger partial charge in [-0.05, 0) is 0 Å². The molecule has 0 aliphatic rings. The molecule has 1 aromatic carbocycles. The molecule has 0 aliphatic carbocycles. The SMILES string of the molecule is N[C@H](CC(F)(F)c1ccccc1)C(=O)O. The van der Waals surface area contributed by atoms with Gasteiger partial charge in [0.15, 0.2) is 0 Å². The third kappa shape index (κ3) is 2.99. The number of rotatable bonds is 4. The number of carbonyl (C=O) groups is 1. The van der Waals surface area contributed by atoms with E-state index < -0.39 is 24.4 Å². The maximum Gasteiger partial charge on any atom is 0.320 e. The summed E-state index contributed by atoms with van der Waals surface area (Å²) in [5.41, 5.74) is 4.84. The van der Waals surface area contributed by atoms with Crippen LogP contribution in [-0.2, 0) is 10.7 Å². The number of carboxylic acids is 1. The van der Waals surface area contributed by atoms with Crippen LogP contribution in [0.1, 0.15) is 12.0 Å². The lowest BCUT2D eigenvalue weighted by atomic mass is 10.0. The normalized spacial score (nSPS) is 13.5. The van der Waals surface area contributed by atoms with Crippen LogP contribution < -0.4 is 5.73 Å². The van der Waals surface area contributed by atoms with Crippen LogP contribution >= 0.6 is 0 Å². The summed E-state index contributed by atoms with van der Waals surface area (Å²) in [6.07, 6.45) is -0.896. The molecule has 3 N–H and O–H groups in total. The molecule has 0 aromatic heterocycles. The second-order valence-electron chi connectivity index (χ2n) is 3.22. The Morgan fingerprint density at radius 1 is 1.40 bits per heavy atom. The van der Waals surface area contributed by atoms with E-state index in [0.29, 0.717) is 0 Å². The zero-order chi connectivity index (χ0) is 11.5. The second kappa shape index (κ2) is 4.35. The summed E-state index contributed by atoms with van der Waals surface area (Å²) in [7, 11) is 0. The summed E-state index contributed by atoms with van der Waals surface area (Å²) in [6.45, 7) is 0. The summed E-state index contributed by atoms with van der Waals surface area (Å²) in [5, 5.41) is 8.43. The lowest BCUT2D eigenvalue weighted by molar-refractivity contribution is -0.141. The van der Waals surface area contributed by atoms with Gasteiger partial charge in [0.2, 0.25) is 0 Å². The molecule has 1 rings (SSSR count). The van der Waals surface area contributed by atoms with Gasteiger partial charge in [0.05, 0.1) is 0 Å². The zero-order valence-electron chi connectivity index (χ0n) is 7.86. The molecule has 5 heteroatoms. The van der Waals surface area contributed by atoms with Gasteiger partial charge in [0.25, 0.3) is 5.92 Å². The highest BCUT2D eigenvalue weighted by molar-refractivity contribution is 5.73. The van der Waals surface area contributed by atoms with Crippen LogP contribution in [0.5, 0.6) is 0 Å². The first-order chi connectivity index (χ1) is 6.93. The monoisotopic (exact) mass is 215 g/mol. The van der Waals surface area contributed by atoms with Crippen molar-refractivity contribution in [1.29, 1.82) is 0 Å². The smallest absolute Gasteiger partial charge is 0.320 e. The minimum absolute atomic E-state index is 0.221. The van der Waals surface area contributed by atoms with Crippen molar-refractivity contribution in [1.82, 2.24) is 0 Å². The first kappa shape index (κ1) is 11.6. The van der Waals surface area contributed by atoms with Gasteiger partial charge in [0, 0.05) is 12.0 Å². The highest BCUT2D eigenvalue weighted by atomic mass is 19.3. The fourth-order valence-electron chi connectivity index (χ4n) is 1.16. The first-order valence-electron chi connectivity index (χ1n) is 4.35. The number of carboxylic acid groups (broad SMARTS) is 1. The molecule has 0 spiro atoms. The number of benzene rings is 1. The van der Waals surface area contributed by atoms with E-state index in [-0.39, 0.29) is 5.56 Å². The van der Waals surface area contributed by atoms with Crippen molar-refractivity contribution >= 4 is 5.97 Å². The Kier molecular flexibility index (Phi) is 3.36. The van der Waals surface area contributed by atoms with Crippen molar-refractivity contribution < 1.29 is 18.7 Å². The quantitative estimate of drug-likeness (QED) is 0.801. The molecule has 82 valence electrons. The topological polar surface area (TPSA) is 63.3 Å². The Morgan fingerprint density at radius 3 is 2.40 bits per heavy atom. The second-order valence-corrected chi connectivity index (χ2v) is 3.22. The van der Waals surface area contributed by atoms with E-state index in [1.807, 2.05) is 0 Å². The van der Waals surface area contributed by atoms with E-state index in [0.717, 1.165) is 0 Å². The van der Waals surface area contributed by atoms with E-state index in [2.05, 4.69) is 0 Å². The third-order valence-corrected chi connectivity index (χ3v) is 1.99. The third-order valence-electron chi connectivity index (χ3n) is 1.99. The van der Waals surface area contributed by atoms with Crippen LogP contribution in [0.15, 0.2) is 30.3 Å². The minimum Gasteiger partial charge on any atom is -0.480 e. The lowest BCUT2D eigenvalue weighted by Gasteiger charge is -2.18. The van der Waals surface area contributed by atoms with Gasteiger partial charge >= 0.3 is 5.97 Å². The fraction of sp³-hybridized carbons (Fsp3) is 0.300. The molecule has 0 saturated heterocycles. The zero-order valence-corrected chi connectivity index (χ0v) is 7.86. The van der Waals surface area contributed by atoms with Crippen molar-refractivity contribution in [3.8, 4) is 0 Å². The Labute approximate surface area is 85.5 Å². The van der Waals surface area contributed by atoms with Gasteiger partial charge in [-0.25, -0.2) is 8.78 Å². The van der Waals surface area contributed by atoms with E-state index in [1.54, 1.807) is 6.07 Å². The molecule has 15 heavy (non-hydrogen) atoms. The van der Waals surface area contributed by atoms with Crippen LogP contribution in [0.4, 0.5) is 8.78 Å². The Balaban J connectivity index is 2.80. The first-order valence-corrected chi connectivity index (χ1v) is 4.35. The van der Waals surface area contributed by atoms with Gasteiger partial charge in [-0.3, -0.25) is 4.79 Å². The van der Waals surface area contributed by atoms with Gasteiger partial charge < -0.3 is 10.8 Å². The number of aliphatic carboxylic acids is 1. The van der Waals surface area contributed by atoms with Gasteiger partial charge in [-0.2, -0.15) is 0 Å². The van der Waals surface area contributed by atoms with E-state index in [9.17, 15) is 13.6 Å². The molecule has 0 aliphatic heterocycles. The summed E-state index contributed by atoms with van der Waals surface area (Å²) in [5.74, 6) is -4.63. The van der Waals surface area contributed by atoms with E-state index >= 15 is 0 Å². The van der Waals surface area contributed by atoms with E-state index in [1.165, 1.54) is 24.3 Å². The average molecular weight is 215 g/mol. The van der Waals surface area contributed by atoms with Crippen molar-refractivity contribution in [3.05, 3.63) is 35.9 Å². The number of hydrogen-bond acceptors (Lipinski definition) is 2. The predicted molar refractivity (Wildman–Crippen MR) is 50.6 cm³/mol. The van der Waals surface area contributed by atoms with Crippen molar-refractivity contribution in [2.24, 2.45) is 5.73 Å². The predicted octanol–water partition coefficient (Wildman–Crippen LogP) is 1.58. The van der Waals surface area contributed by atoms with Crippen LogP contribution in [0.25, 0.3) is 0 Å². The highest BCUT2D eigenvalue weighted by Gasteiger charge is 2.35. The average Bonchev–Trinajstić information content (AvgIpc) is 2.18. The molecule has 0 heterocycles. The lowest BCUT2D eigenvalue weighted by Crippen LogP contribution is -2.35. The molecular weight excluding hydrogens is 204 g/mol. The maximum atomic E-state index is 13.4. The molecule has 0 radical (unpaired) electrons. The van der Waals surface area contributed by atoms with Crippen molar-refractivity contribution in [2.75, 3.05) is 0 Å². The molecule has 0 fully saturated rings.